The Labute approximate surface area is 168 Å². The molecule has 0 aliphatic carbocycles. The van der Waals surface area contributed by atoms with E-state index in [0.29, 0.717) is 11.6 Å². The number of benzene rings is 2. The van der Waals surface area contributed by atoms with Crippen molar-refractivity contribution in [3.05, 3.63) is 48.5 Å². The van der Waals surface area contributed by atoms with E-state index in [9.17, 15) is 13.2 Å². The molecule has 0 aliphatic rings. The molecule has 7 nitrogen and oxygen atoms in total. The first kappa shape index (κ1) is 20.4. The Balaban J connectivity index is 1.73. The van der Waals surface area contributed by atoms with Gasteiger partial charge in [0.1, 0.15) is 0 Å². The molecule has 0 spiro atoms. The average Bonchev–Trinajstić information content (AvgIpc) is 2.97. The fraction of sp³-hybridized carbons (Fsp3) is 0.263. The number of carbonyl (C=O) groups is 1. The van der Waals surface area contributed by atoms with Gasteiger partial charge in [0.2, 0.25) is 15.9 Å². The molecule has 28 heavy (non-hydrogen) atoms. The summed E-state index contributed by atoms with van der Waals surface area (Å²) >= 11 is 1.35. The molecule has 3 aromatic rings. The van der Waals surface area contributed by atoms with E-state index >= 15 is 0 Å². The van der Waals surface area contributed by atoms with Gasteiger partial charge in [-0.1, -0.05) is 43.8 Å². The molecule has 0 saturated carbocycles. The van der Waals surface area contributed by atoms with Crippen LogP contribution in [0.1, 0.15) is 13.8 Å². The van der Waals surface area contributed by atoms with Crippen LogP contribution in [-0.2, 0) is 21.4 Å². The van der Waals surface area contributed by atoms with Gasteiger partial charge < -0.3 is 9.88 Å². The van der Waals surface area contributed by atoms with Gasteiger partial charge in [-0.25, -0.2) is 18.5 Å². The van der Waals surface area contributed by atoms with Crippen molar-refractivity contribution in [2.45, 2.75) is 30.4 Å². The Morgan fingerprint density at radius 3 is 2.68 bits per heavy atom. The van der Waals surface area contributed by atoms with Crippen molar-refractivity contribution in [2.24, 2.45) is 11.1 Å². The highest BCUT2D eigenvalue weighted by Crippen LogP contribution is 2.25. The smallest absolute Gasteiger partial charge is 0.238 e. The summed E-state index contributed by atoms with van der Waals surface area (Å²) in [7, 11) is -3.82. The van der Waals surface area contributed by atoms with Crippen molar-refractivity contribution in [2.75, 3.05) is 11.1 Å². The molecule has 0 bridgehead atoms. The molecule has 148 valence electrons. The Morgan fingerprint density at radius 2 is 1.96 bits per heavy atom. The number of nitrogens with two attached hydrogens (primary N) is 1. The largest absolute Gasteiger partial charge is 0.325 e. The number of aromatic nitrogens is 2. The predicted molar refractivity (Wildman–Crippen MR) is 112 cm³/mol. The van der Waals surface area contributed by atoms with Gasteiger partial charge in [0.25, 0.3) is 0 Å². The van der Waals surface area contributed by atoms with Crippen LogP contribution in [0.2, 0.25) is 0 Å². The van der Waals surface area contributed by atoms with Crippen LogP contribution in [-0.4, -0.2) is 29.6 Å². The van der Waals surface area contributed by atoms with Crippen LogP contribution < -0.4 is 10.5 Å². The number of sulfonamides is 1. The number of nitrogens with one attached hydrogen (secondary N) is 1. The molecule has 3 N–H and O–H groups in total. The minimum Gasteiger partial charge on any atom is -0.325 e. The number of rotatable bonds is 7. The van der Waals surface area contributed by atoms with E-state index < -0.39 is 10.0 Å². The van der Waals surface area contributed by atoms with Crippen LogP contribution in [0.4, 0.5) is 5.69 Å². The summed E-state index contributed by atoms with van der Waals surface area (Å²) in [5.74, 6) is 0.340. The Bertz CT molecular complexity index is 1110. The van der Waals surface area contributed by atoms with Gasteiger partial charge in [-0.3, -0.25) is 4.79 Å². The van der Waals surface area contributed by atoms with E-state index in [1.165, 1.54) is 30.0 Å². The van der Waals surface area contributed by atoms with Crippen LogP contribution in [0.25, 0.3) is 11.0 Å². The first-order valence-corrected chi connectivity index (χ1v) is 11.3. The number of imidazole rings is 1. The second kappa shape index (κ2) is 8.34. The van der Waals surface area contributed by atoms with Crippen molar-refractivity contribution in [3.8, 4) is 0 Å². The third-order valence-electron chi connectivity index (χ3n) is 3.95. The standard InChI is InChI=1S/C19H22N4O3S2/c1-13(2)11-23-17-9-4-3-8-16(17)22-19(23)27-12-18(24)21-14-6-5-7-15(10-14)28(20,25)26/h3-10,13H,11-12H2,1-2H3,(H,21,24)(H2,20,25,26). The van der Waals surface area contributed by atoms with Gasteiger partial charge in [0.05, 0.1) is 21.7 Å². The van der Waals surface area contributed by atoms with E-state index in [1.807, 2.05) is 24.3 Å². The number of primary sulfonamides is 1. The summed E-state index contributed by atoms with van der Waals surface area (Å²) in [5, 5.41) is 8.61. The molecule has 0 saturated heterocycles. The number of amides is 1. The maximum Gasteiger partial charge on any atom is 0.238 e. The van der Waals surface area contributed by atoms with Crippen molar-refractivity contribution < 1.29 is 13.2 Å². The first-order chi connectivity index (χ1) is 13.2. The lowest BCUT2D eigenvalue weighted by molar-refractivity contribution is -0.113. The number of fused-ring (bicyclic) bond motifs is 1. The summed E-state index contributed by atoms with van der Waals surface area (Å²) in [4.78, 5) is 16.9. The SMILES string of the molecule is CC(C)Cn1c(SCC(=O)Nc2cccc(S(N)(=O)=O)c2)nc2ccccc21. The van der Waals surface area contributed by atoms with Gasteiger partial charge in [-0.15, -0.1) is 0 Å². The van der Waals surface area contributed by atoms with E-state index in [4.69, 9.17) is 5.14 Å². The molecule has 0 unspecified atom stereocenters. The number of anilines is 1. The van der Waals surface area contributed by atoms with Gasteiger partial charge in [0.15, 0.2) is 5.16 Å². The van der Waals surface area contributed by atoms with E-state index in [0.717, 1.165) is 22.7 Å². The second-order valence-corrected chi connectivity index (χ2v) is 9.30. The van der Waals surface area contributed by atoms with Crippen molar-refractivity contribution >= 4 is 44.4 Å². The highest BCUT2D eigenvalue weighted by Gasteiger charge is 2.14. The molecule has 3 rings (SSSR count). The lowest BCUT2D eigenvalue weighted by atomic mass is 10.2. The summed E-state index contributed by atoms with van der Waals surface area (Å²) in [5.41, 5.74) is 2.32. The quantitative estimate of drug-likeness (QED) is 0.574. The first-order valence-electron chi connectivity index (χ1n) is 8.75. The van der Waals surface area contributed by atoms with E-state index in [1.54, 1.807) is 6.07 Å². The van der Waals surface area contributed by atoms with Crippen LogP contribution in [0.15, 0.2) is 58.6 Å². The molecule has 0 aliphatic heterocycles. The number of hydrogen-bond acceptors (Lipinski definition) is 5. The average molecular weight is 419 g/mol. The van der Waals surface area contributed by atoms with Gasteiger partial charge in [0, 0.05) is 12.2 Å². The monoisotopic (exact) mass is 418 g/mol. The third kappa shape index (κ3) is 4.92. The summed E-state index contributed by atoms with van der Waals surface area (Å²) < 4.78 is 25.0. The molecule has 9 heteroatoms. The zero-order chi connectivity index (χ0) is 20.3. The lowest BCUT2D eigenvalue weighted by Crippen LogP contribution is -2.16. The molecule has 1 aromatic heterocycles. The molecule has 0 radical (unpaired) electrons. The van der Waals surface area contributed by atoms with Crippen LogP contribution in [0.5, 0.6) is 0 Å². The fourth-order valence-electron chi connectivity index (χ4n) is 2.78. The van der Waals surface area contributed by atoms with Crippen LogP contribution >= 0.6 is 11.8 Å². The lowest BCUT2D eigenvalue weighted by Gasteiger charge is -2.11. The Kier molecular flexibility index (Phi) is 6.07. The Morgan fingerprint density at radius 1 is 1.21 bits per heavy atom. The number of hydrogen-bond donors (Lipinski definition) is 2. The molecular formula is C19H22N4O3S2. The fourth-order valence-corrected chi connectivity index (χ4v) is 4.17. The molecule has 1 amide bonds. The number of nitrogens with zero attached hydrogens (tertiary/aromatic N) is 2. The molecule has 2 aromatic carbocycles. The maximum absolute atomic E-state index is 12.3. The van der Waals surface area contributed by atoms with E-state index in [-0.39, 0.29) is 16.6 Å². The van der Waals surface area contributed by atoms with Gasteiger partial charge in [-0.2, -0.15) is 0 Å². The summed E-state index contributed by atoms with van der Waals surface area (Å²) in [6.45, 7) is 5.07. The Hall–Kier alpha value is -2.36. The number of para-hydroxylation sites is 2. The maximum atomic E-state index is 12.3. The molecule has 0 fully saturated rings. The molecular weight excluding hydrogens is 396 g/mol. The topological polar surface area (TPSA) is 107 Å². The highest BCUT2D eigenvalue weighted by molar-refractivity contribution is 7.99. The van der Waals surface area contributed by atoms with E-state index in [2.05, 4.69) is 28.7 Å². The normalized spacial score (nSPS) is 11.9. The summed E-state index contributed by atoms with van der Waals surface area (Å²) in [6, 6.07) is 13.8. The van der Waals surface area contributed by atoms with Gasteiger partial charge >= 0.3 is 0 Å². The molecule has 1 heterocycles. The van der Waals surface area contributed by atoms with Crippen molar-refractivity contribution in [1.82, 2.24) is 9.55 Å². The zero-order valence-corrected chi connectivity index (χ0v) is 17.3. The highest BCUT2D eigenvalue weighted by atomic mass is 32.2. The van der Waals surface area contributed by atoms with Gasteiger partial charge in [-0.05, 0) is 36.2 Å². The van der Waals surface area contributed by atoms with Crippen LogP contribution in [0, 0.1) is 5.92 Å². The predicted octanol–water partition coefficient (Wildman–Crippen LogP) is 3.07. The number of thioether (sulfide) groups is 1. The summed E-state index contributed by atoms with van der Waals surface area (Å²) in [6.07, 6.45) is 0. The van der Waals surface area contributed by atoms with Crippen LogP contribution in [0.3, 0.4) is 0 Å². The van der Waals surface area contributed by atoms with Crippen molar-refractivity contribution in [1.29, 1.82) is 0 Å². The zero-order valence-electron chi connectivity index (χ0n) is 15.6. The number of carbonyl (C=O) groups excluding carboxylic acids is 1. The second-order valence-electron chi connectivity index (χ2n) is 6.80. The minimum atomic E-state index is -3.82. The third-order valence-corrected chi connectivity index (χ3v) is 5.83. The van der Waals surface area contributed by atoms with Crippen molar-refractivity contribution in [3.63, 3.8) is 0 Å². The molecule has 0 atom stereocenters. The minimum absolute atomic E-state index is 0.0447.